The molecule has 0 radical (unpaired) electrons. The summed E-state index contributed by atoms with van der Waals surface area (Å²) < 4.78 is 23.7. The van der Waals surface area contributed by atoms with E-state index >= 15 is 0 Å². The first kappa shape index (κ1) is 10.8. The Balaban J connectivity index is 3.55. The first-order valence-electron chi connectivity index (χ1n) is 4.05. The van der Waals surface area contributed by atoms with Crippen LogP contribution in [-0.4, -0.2) is 17.6 Å². The third-order valence-electron chi connectivity index (χ3n) is 1.85. The number of aliphatic hydroxyl groups excluding tert-OH is 1. The molecule has 0 aromatic rings. The third kappa shape index (κ3) is 4.30. The molecule has 0 fully saturated rings. The highest BCUT2D eigenvalue weighted by molar-refractivity contribution is 4.66. The zero-order valence-corrected chi connectivity index (χ0v) is 7.06. The van der Waals surface area contributed by atoms with Crippen molar-refractivity contribution in [3.05, 3.63) is 0 Å². The Morgan fingerprint density at radius 2 is 1.91 bits per heavy atom. The molecule has 1 nitrogen and oxygen atoms in total. The SMILES string of the molecule is CCCC[C@@H](C)C(O)C(F)F. The van der Waals surface area contributed by atoms with Crippen LogP contribution in [0.2, 0.25) is 0 Å². The van der Waals surface area contributed by atoms with Crippen molar-refractivity contribution in [1.29, 1.82) is 0 Å². The Kier molecular flexibility index (Phi) is 5.38. The number of unbranched alkanes of at least 4 members (excludes halogenated alkanes) is 1. The van der Waals surface area contributed by atoms with Crippen molar-refractivity contribution in [1.82, 2.24) is 0 Å². The lowest BCUT2D eigenvalue weighted by atomic mass is 9.98. The van der Waals surface area contributed by atoms with Gasteiger partial charge in [-0.25, -0.2) is 8.78 Å². The highest BCUT2D eigenvalue weighted by atomic mass is 19.3. The minimum Gasteiger partial charge on any atom is -0.387 e. The van der Waals surface area contributed by atoms with Crippen molar-refractivity contribution in [3.63, 3.8) is 0 Å². The van der Waals surface area contributed by atoms with Gasteiger partial charge in [-0.15, -0.1) is 0 Å². The summed E-state index contributed by atoms with van der Waals surface area (Å²) in [4.78, 5) is 0. The summed E-state index contributed by atoms with van der Waals surface area (Å²) in [6.07, 6.45) is -1.46. The van der Waals surface area contributed by atoms with Gasteiger partial charge in [-0.1, -0.05) is 26.7 Å². The van der Waals surface area contributed by atoms with Gasteiger partial charge in [0.2, 0.25) is 0 Å². The van der Waals surface area contributed by atoms with Crippen LogP contribution < -0.4 is 0 Å². The second kappa shape index (κ2) is 5.47. The molecule has 0 aromatic heterocycles. The van der Waals surface area contributed by atoms with Crippen molar-refractivity contribution in [2.45, 2.75) is 45.6 Å². The molecule has 1 N–H and O–H groups in total. The molecule has 0 saturated heterocycles. The lowest BCUT2D eigenvalue weighted by Crippen LogP contribution is -2.25. The summed E-state index contributed by atoms with van der Waals surface area (Å²) in [5, 5.41) is 8.87. The van der Waals surface area contributed by atoms with E-state index in [1.807, 2.05) is 6.92 Å². The molecule has 0 bridgehead atoms. The highest BCUT2D eigenvalue weighted by Crippen LogP contribution is 2.17. The molecule has 11 heavy (non-hydrogen) atoms. The molecular weight excluding hydrogens is 150 g/mol. The molecule has 0 aromatic carbocycles. The van der Waals surface area contributed by atoms with E-state index in [9.17, 15) is 8.78 Å². The number of alkyl halides is 2. The zero-order valence-electron chi connectivity index (χ0n) is 7.06. The van der Waals surface area contributed by atoms with E-state index in [0.29, 0.717) is 6.42 Å². The fraction of sp³-hybridized carbons (Fsp3) is 1.00. The van der Waals surface area contributed by atoms with Gasteiger partial charge in [0.05, 0.1) is 0 Å². The second-order valence-electron chi connectivity index (χ2n) is 2.94. The molecule has 3 heteroatoms. The molecule has 0 amide bonds. The summed E-state index contributed by atoms with van der Waals surface area (Å²) in [5.74, 6) is -0.282. The fourth-order valence-corrected chi connectivity index (χ4v) is 0.945. The molecule has 1 unspecified atom stereocenters. The first-order chi connectivity index (χ1) is 5.09. The van der Waals surface area contributed by atoms with E-state index in [4.69, 9.17) is 5.11 Å². The van der Waals surface area contributed by atoms with Gasteiger partial charge in [-0.3, -0.25) is 0 Å². The molecule has 0 spiro atoms. The van der Waals surface area contributed by atoms with Crippen LogP contribution in [0.25, 0.3) is 0 Å². The van der Waals surface area contributed by atoms with Crippen LogP contribution in [0, 0.1) is 5.92 Å². The Morgan fingerprint density at radius 3 is 2.27 bits per heavy atom. The molecular formula is C8H16F2O. The predicted octanol–water partition coefficient (Wildman–Crippen LogP) is 2.44. The average molecular weight is 166 g/mol. The van der Waals surface area contributed by atoms with Gasteiger partial charge >= 0.3 is 0 Å². The van der Waals surface area contributed by atoms with Crippen molar-refractivity contribution >= 4 is 0 Å². The van der Waals surface area contributed by atoms with Crippen LogP contribution in [0.5, 0.6) is 0 Å². The zero-order chi connectivity index (χ0) is 8.85. The summed E-state index contributed by atoms with van der Waals surface area (Å²) in [6, 6.07) is 0. The quantitative estimate of drug-likeness (QED) is 0.665. The molecule has 0 aliphatic carbocycles. The number of hydrogen-bond donors (Lipinski definition) is 1. The Morgan fingerprint density at radius 1 is 1.36 bits per heavy atom. The maximum atomic E-state index is 11.9. The number of aliphatic hydroxyl groups is 1. The topological polar surface area (TPSA) is 20.2 Å². The fourth-order valence-electron chi connectivity index (χ4n) is 0.945. The lowest BCUT2D eigenvalue weighted by Gasteiger charge is -2.16. The van der Waals surface area contributed by atoms with Gasteiger partial charge in [-0.2, -0.15) is 0 Å². The number of hydrogen-bond acceptors (Lipinski definition) is 1. The van der Waals surface area contributed by atoms with Gasteiger partial charge in [0, 0.05) is 0 Å². The van der Waals surface area contributed by atoms with Gasteiger partial charge in [0.15, 0.2) is 0 Å². The van der Waals surface area contributed by atoms with E-state index in [1.165, 1.54) is 0 Å². The van der Waals surface area contributed by atoms with Crippen LogP contribution >= 0.6 is 0 Å². The second-order valence-corrected chi connectivity index (χ2v) is 2.94. The van der Waals surface area contributed by atoms with E-state index in [2.05, 4.69) is 0 Å². The summed E-state index contributed by atoms with van der Waals surface area (Å²) >= 11 is 0. The minimum absolute atomic E-state index is 0.282. The van der Waals surface area contributed by atoms with Gasteiger partial charge in [0.25, 0.3) is 6.43 Å². The average Bonchev–Trinajstić information content (AvgIpc) is 1.98. The maximum absolute atomic E-state index is 11.9. The first-order valence-corrected chi connectivity index (χ1v) is 4.05. The molecule has 0 heterocycles. The standard InChI is InChI=1S/C8H16F2O/c1-3-4-5-6(2)7(11)8(9)10/h6-8,11H,3-5H2,1-2H3/t6-,7?/m1/s1. The Hall–Kier alpha value is -0.180. The number of halogens is 2. The molecule has 0 saturated carbocycles. The van der Waals surface area contributed by atoms with Gasteiger partial charge in [0.1, 0.15) is 6.10 Å². The largest absolute Gasteiger partial charge is 0.387 e. The van der Waals surface area contributed by atoms with Crippen LogP contribution in [0.4, 0.5) is 8.78 Å². The molecule has 0 aliphatic heterocycles. The van der Waals surface area contributed by atoms with Gasteiger partial charge in [-0.05, 0) is 12.3 Å². The van der Waals surface area contributed by atoms with Crippen molar-refractivity contribution in [3.8, 4) is 0 Å². The predicted molar refractivity (Wildman–Crippen MR) is 40.7 cm³/mol. The van der Waals surface area contributed by atoms with Crippen LogP contribution in [-0.2, 0) is 0 Å². The lowest BCUT2D eigenvalue weighted by molar-refractivity contribution is -0.0365. The normalized spacial score (nSPS) is 16.9. The molecule has 68 valence electrons. The van der Waals surface area contributed by atoms with Crippen molar-refractivity contribution in [2.75, 3.05) is 0 Å². The monoisotopic (exact) mass is 166 g/mol. The minimum atomic E-state index is -2.60. The Labute approximate surface area is 66.4 Å². The molecule has 0 aliphatic rings. The van der Waals surface area contributed by atoms with Crippen LogP contribution in [0.15, 0.2) is 0 Å². The Bertz CT molecular complexity index is 96.1. The van der Waals surface area contributed by atoms with Crippen molar-refractivity contribution in [2.24, 2.45) is 5.92 Å². The summed E-state index contributed by atoms with van der Waals surface area (Å²) in [5.41, 5.74) is 0. The van der Waals surface area contributed by atoms with E-state index < -0.39 is 12.5 Å². The van der Waals surface area contributed by atoms with Gasteiger partial charge < -0.3 is 5.11 Å². The summed E-state index contributed by atoms with van der Waals surface area (Å²) in [7, 11) is 0. The van der Waals surface area contributed by atoms with E-state index in [-0.39, 0.29) is 5.92 Å². The summed E-state index contributed by atoms with van der Waals surface area (Å²) in [6.45, 7) is 3.66. The maximum Gasteiger partial charge on any atom is 0.264 e. The van der Waals surface area contributed by atoms with Crippen LogP contribution in [0.3, 0.4) is 0 Å². The highest BCUT2D eigenvalue weighted by Gasteiger charge is 2.22. The number of rotatable bonds is 5. The molecule has 0 rings (SSSR count). The van der Waals surface area contributed by atoms with E-state index in [1.54, 1.807) is 6.92 Å². The molecule has 2 atom stereocenters. The smallest absolute Gasteiger partial charge is 0.264 e. The van der Waals surface area contributed by atoms with Crippen molar-refractivity contribution < 1.29 is 13.9 Å². The van der Waals surface area contributed by atoms with E-state index in [0.717, 1.165) is 12.8 Å². The van der Waals surface area contributed by atoms with Crippen LogP contribution in [0.1, 0.15) is 33.1 Å². The third-order valence-corrected chi connectivity index (χ3v) is 1.85.